The van der Waals surface area contributed by atoms with Gasteiger partial charge in [0.15, 0.2) is 0 Å². The molecule has 146 valence electrons. The predicted octanol–water partition coefficient (Wildman–Crippen LogP) is 2.06. The van der Waals surface area contributed by atoms with E-state index >= 15 is 0 Å². The molecular formula is C20H28N4O3. The van der Waals surface area contributed by atoms with Gasteiger partial charge in [-0.15, -0.1) is 0 Å². The molecule has 0 spiro atoms. The normalized spacial score (nSPS) is 19.6. The summed E-state index contributed by atoms with van der Waals surface area (Å²) in [6.45, 7) is 3.05. The summed E-state index contributed by atoms with van der Waals surface area (Å²) in [5.41, 5.74) is 0.768. The van der Waals surface area contributed by atoms with Gasteiger partial charge in [-0.05, 0) is 37.8 Å². The zero-order valence-electron chi connectivity index (χ0n) is 15.7. The summed E-state index contributed by atoms with van der Waals surface area (Å²) in [6, 6.07) is 9.16. The SMILES string of the molecule is O=C(Nc1ccccc1)C1CCCN(C(=O)NCCC(=O)N2CCCC2)C1. The first-order valence-electron chi connectivity index (χ1n) is 9.80. The molecule has 1 atom stereocenters. The van der Waals surface area contributed by atoms with Crippen LogP contribution in [0.4, 0.5) is 10.5 Å². The van der Waals surface area contributed by atoms with Crippen molar-refractivity contribution in [1.82, 2.24) is 15.1 Å². The highest BCUT2D eigenvalue weighted by atomic mass is 16.2. The van der Waals surface area contributed by atoms with Gasteiger partial charge >= 0.3 is 6.03 Å². The number of carbonyl (C=O) groups is 3. The van der Waals surface area contributed by atoms with Gasteiger partial charge in [0.05, 0.1) is 5.92 Å². The zero-order valence-corrected chi connectivity index (χ0v) is 15.7. The van der Waals surface area contributed by atoms with Gasteiger partial charge in [-0.1, -0.05) is 18.2 Å². The van der Waals surface area contributed by atoms with Crippen molar-refractivity contribution < 1.29 is 14.4 Å². The third-order valence-electron chi connectivity index (χ3n) is 5.19. The number of hydrogen-bond donors (Lipinski definition) is 2. The molecular weight excluding hydrogens is 344 g/mol. The minimum absolute atomic E-state index is 0.0529. The smallest absolute Gasteiger partial charge is 0.317 e. The van der Waals surface area contributed by atoms with E-state index in [9.17, 15) is 14.4 Å². The van der Waals surface area contributed by atoms with E-state index in [1.165, 1.54) is 0 Å². The monoisotopic (exact) mass is 372 g/mol. The molecule has 1 aromatic carbocycles. The van der Waals surface area contributed by atoms with E-state index in [-0.39, 0.29) is 23.8 Å². The lowest BCUT2D eigenvalue weighted by Crippen LogP contribution is -2.48. The lowest BCUT2D eigenvalue weighted by molar-refractivity contribution is -0.130. The van der Waals surface area contributed by atoms with Crippen LogP contribution in [-0.4, -0.2) is 60.4 Å². The second kappa shape index (κ2) is 9.39. The van der Waals surface area contributed by atoms with E-state index in [2.05, 4.69) is 10.6 Å². The topological polar surface area (TPSA) is 81.8 Å². The summed E-state index contributed by atoms with van der Waals surface area (Å²) in [5, 5.41) is 5.74. The van der Waals surface area contributed by atoms with Gasteiger partial charge in [0.2, 0.25) is 11.8 Å². The van der Waals surface area contributed by atoms with Crippen LogP contribution in [0.25, 0.3) is 0 Å². The van der Waals surface area contributed by atoms with Crippen LogP contribution in [0.15, 0.2) is 30.3 Å². The Hall–Kier alpha value is -2.57. The molecule has 0 aliphatic carbocycles. The molecule has 4 amide bonds. The lowest BCUT2D eigenvalue weighted by Gasteiger charge is -2.32. The lowest BCUT2D eigenvalue weighted by atomic mass is 9.97. The Kier molecular flexibility index (Phi) is 6.68. The first-order valence-corrected chi connectivity index (χ1v) is 9.80. The number of piperidine rings is 1. The molecule has 0 bridgehead atoms. The number of carbonyl (C=O) groups excluding carboxylic acids is 3. The summed E-state index contributed by atoms with van der Waals surface area (Å²) in [6.07, 6.45) is 4.04. The summed E-state index contributed by atoms with van der Waals surface area (Å²) < 4.78 is 0. The molecule has 1 unspecified atom stereocenters. The van der Waals surface area contributed by atoms with Crippen LogP contribution < -0.4 is 10.6 Å². The van der Waals surface area contributed by atoms with E-state index in [1.54, 1.807) is 4.90 Å². The van der Waals surface area contributed by atoms with Crippen molar-refractivity contribution in [3.63, 3.8) is 0 Å². The van der Waals surface area contributed by atoms with E-state index in [0.29, 0.717) is 26.1 Å². The molecule has 7 heteroatoms. The minimum atomic E-state index is -0.212. The quantitative estimate of drug-likeness (QED) is 0.830. The van der Waals surface area contributed by atoms with Gasteiger partial charge in [-0.25, -0.2) is 4.79 Å². The molecule has 7 nitrogen and oxygen atoms in total. The van der Waals surface area contributed by atoms with Gasteiger partial charge in [-0.3, -0.25) is 9.59 Å². The Balaban J connectivity index is 1.42. The van der Waals surface area contributed by atoms with Gasteiger partial charge in [0.25, 0.3) is 0 Å². The van der Waals surface area contributed by atoms with Gasteiger partial charge < -0.3 is 20.4 Å². The molecule has 0 saturated carbocycles. The molecule has 0 aromatic heterocycles. The molecule has 2 saturated heterocycles. The Labute approximate surface area is 160 Å². The number of benzene rings is 1. The number of para-hydroxylation sites is 1. The highest BCUT2D eigenvalue weighted by Crippen LogP contribution is 2.19. The van der Waals surface area contributed by atoms with Gasteiger partial charge in [-0.2, -0.15) is 0 Å². The van der Waals surface area contributed by atoms with E-state index < -0.39 is 0 Å². The first kappa shape index (κ1) is 19.2. The average molecular weight is 372 g/mol. The van der Waals surface area contributed by atoms with E-state index in [1.807, 2.05) is 35.2 Å². The number of rotatable bonds is 5. The van der Waals surface area contributed by atoms with Crippen LogP contribution in [0.3, 0.4) is 0 Å². The van der Waals surface area contributed by atoms with Gasteiger partial charge in [0, 0.05) is 44.8 Å². The molecule has 2 aliphatic rings. The van der Waals surface area contributed by atoms with Gasteiger partial charge in [0.1, 0.15) is 0 Å². The molecule has 2 fully saturated rings. The van der Waals surface area contributed by atoms with E-state index in [4.69, 9.17) is 0 Å². The second-order valence-corrected chi connectivity index (χ2v) is 7.21. The second-order valence-electron chi connectivity index (χ2n) is 7.21. The number of nitrogens with one attached hydrogen (secondary N) is 2. The number of likely N-dealkylation sites (tertiary alicyclic amines) is 2. The summed E-state index contributed by atoms with van der Waals surface area (Å²) in [5.74, 6) is -0.162. The summed E-state index contributed by atoms with van der Waals surface area (Å²) in [7, 11) is 0. The zero-order chi connectivity index (χ0) is 19.1. The van der Waals surface area contributed by atoms with Crippen molar-refractivity contribution >= 4 is 23.5 Å². The van der Waals surface area contributed by atoms with Crippen LogP contribution in [0.1, 0.15) is 32.1 Å². The van der Waals surface area contributed by atoms with Crippen molar-refractivity contribution in [3.8, 4) is 0 Å². The van der Waals surface area contributed by atoms with Crippen LogP contribution in [0.5, 0.6) is 0 Å². The van der Waals surface area contributed by atoms with Crippen LogP contribution in [0, 0.1) is 5.92 Å². The molecule has 1 aromatic rings. The third-order valence-corrected chi connectivity index (χ3v) is 5.19. The van der Waals surface area contributed by atoms with Crippen LogP contribution in [-0.2, 0) is 9.59 Å². The average Bonchev–Trinajstić information content (AvgIpc) is 3.23. The molecule has 2 aliphatic heterocycles. The molecule has 3 rings (SSSR count). The molecule has 27 heavy (non-hydrogen) atoms. The van der Waals surface area contributed by atoms with Crippen molar-refractivity contribution in [3.05, 3.63) is 30.3 Å². The molecule has 2 N–H and O–H groups in total. The summed E-state index contributed by atoms with van der Waals surface area (Å²) >= 11 is 0. The largest absolute Gasteiger partial charge is 0.343 e. The number of anilines is 1. The maximum atomic E-state index is 12.5. The fourth-order valence-electron chi connectivity index (χ4n) is 3.65. The first-order chi connectivity index (χ1) is 13.1. The Morgan fingerprint density at radius 2 is 1.67 bits per heavy atom. The minimum Gasteiger partial charge on any atom is -0.343 e. The standard InChI is InChI=1S/C20H28N4O3/c25-18(23-12-4-5-13-23)10-11-21-20(27)24-14-6-7-16(15-24)19(26)22-17-8-2-1-3-9-17/h1-3,8-9,16H,4-7,10-15H2,(H,21,27)(H,22,26). The molecule has 2 heterocycles. The van der Waals surface area contributed by atoms with E-state index in [0.717, 1.165) is 44.5 Å². The number of urea groups is 1. The van der Waals surface area contributed by atoms with Crippen LogP contribution in [0.2, 0.25) is 0 Å². The fraction of sp³-hybridized carbons (Fsp3) is 0.550. The van der Waals surface area contributed by atoms with Crippen LogP contribution >= 0.6 is 0 Å². The highest BCUT2D eigenvalue weighted by Gasteiger charge is 2.28. The Bertz CT molecular complexity index is 658. The highest BCUT2D eigenvalue weighted by molar-refractivity contribution is 5.93. The van der Waals surface area contributed by atoms with Crippen molar-refractivity contribution in [1.29, 1.82) is 0 Å². The van der Waals surface area contributed by atoms with Crippen molar-refractivity contribution in [2.24, 2.45) is 5.92 Å². The molecule has 0 radical (unpaired) electrons. The summed E-state index contributed by atoms with van der Waals surface area (Å²) in [4.78, 5) is 40.4. The third kappa shape index (κ3) is 5.45. The number of amides is 4. The van der Waals surface area contributed by atoms with Crippen molar-refractivity contribution in [2.75, 3.05) is 38.0 Å². The maximum Gasteiger partial charge on any atom is 0.317 e. The fourth-order valence-corrected chi connectivity index (χ4v) is 3.65. The Morgan fingerprint density at radius 1 is 0.963 bits per heavy atom. The number of nitrogens with zero attached hydrogens (tertiary/aromatic N) is 2. The Morgan fingerprint density at radius 3 is 2.41 bits per heavy atom. The predicted molar refractivity (Wildman–Crippen MR) is 103 cm³/mol. The van der Waals surface area contributed by atoms with Crippen molar-refractivity contribution in [2.45, 2.75) is 32.1 Å². The number of hydrogen-bond acceptors (Lipinski definition) is 3. The maximum absolute atomic E-state index is 12.5.